The second kappa shape index (κ2) is 11.7. The van der Waals surface area contributed by atoms with E-state index in [0.717, 1.165) is 11.1 Å². The van der Waals surface area contributed by atoms with E-state index in [4.69, 9.17) is 0 Å². The van der Waals surface area contributed by atoms with Crippen LogP contribution >= 0.6 is 0 Å². The second-order valence-corrected chi connectivity index (χ2v) is 3.84. The molecule has 0 aromatic heterocycles. The normalized spacial score (nSPS) is 9.39. The molecule has 0 heteroatoms. The summed E-state index contributed by atoms with van der Waals surface area (Å²) in [6.45, 7) is 13.2. The van der Waals surface area contributed by atoms with Gasteiger partial charge < -0.3 is 0 Å². The van der Waals surface area contributed by atoms with Gasteiger partial charge in [0.2, 0.25) is 0 Å². The molecular formula is C18H24. The first-order valence-electron chi connectivity index (χ1n) is 6.41. The molecule has 0 N–H and O–H groups in total. The van der Waals surface area contributed by atoms with Crippen LogP contribution in [0, 0.1) is 0 Å². The maximum atomic E-state index is 3.69. The molecule has 1 aromatic rings. The van der Waals surface area contributed by atoms with Gasteiger partial charge in [0.15, 0.2) is 0 Å². The van der Waals surface area contributed by atoms with Crippen molar-refractivity contribution >= 4 is 12.2 Å². The third-order valence-electron chi connectivity index (χ3n) is 2.43. The fraction of sp³-hybridized carbons (Fsp3) is 0.222. The van der Waals surface area contributed by atoms with Crippen molar-refractivity contribution in [2.24, 2.45) is 0 Å². The van der Waals surface area contributed by atoms with E-state index >= 15 is 0 Å². The highest BCUT2D eigenvalue weighted by Crippen LogP contribution is 2.10. The highest BCUT2D eigenvalue weighted by Gasteiger charge is 1.89. The Kier molecular flexibility index (Phi) is 10.5. The number of benzene rings is 1. The number of hydrogen-bond acceptors (Lipinski definition) is 0. The van der Waals surface area contributed by atoms with Gasteiger partial charge in [-0.15, -0.1) is 0 Å². The highest BCUT2D eigenvalue weighted by atomic mass is 13.9. The van der Waals surface area contributed by atoms with E-state index in [0.29, 0.717) is 0 Å². The molecule has 0 radical (unpaired) electrons. The molecule has 0 nitrogen and oxygen atoms in total. The number of unbranched alkanes of at least 4 members (excludes halogenated alkanes) is 2. The molecule has 0 fully saturated rings. The third kappa shape index (κ3) is 7.45. The van der Waals surface area contributed by atoms with Crippen LogP contribution in [-0.2, 0) is 0 Å². The summed E-state index contributed by atoms with van der Waals surface area (Å²) in [6.07, 6.45) is 13.4. The van der Waals surface area contributed by atoms with Gasteiger partial charge in [0, 0.05) is 0 Å². The first kappa shape index (κ1) is 16.2. The van der Waals surface area contributed by atoms with Crippen molar-refractivity contribution in [3.05, 3.63) is 73.4 Å². The summed E-state index contributed by atoms with van der Waals surface area (Å²) in [4.78, 5) is 0. The Morgan fingerprint density at radius 1 is 1.00 bits per heavy atom. The van der Waals surface area contributed by atoms with E-state index in [1.165, 1.54) is 19.3 Å². The van der Waals surface area contributed by atoms with Crippen LogP contribution in [0.5, 0.6) is 0 Å². The van der Waals surface area contributed by atoms with E-state index in [1.54, 1.807) is 0 Å². The molecule has 0 heterocycles. The minimum atomic E-state index is 1.14. The zero-order valence-corrected chi connectivity index (χ0v) is 11.4. The van der Waals surface area contributed by atoms with Crippen LogP contribution in [0.1, 0.15) is 37.3 Å². The number of allylic oxidation sites excluding steroid dienone is 3. The maximum absolute atomic E-state index is 3.69. The Balaban J connectivity index is 0.000000331. The summed E-state index contributed by atoms with van der Waals surface area (Å²) in [7, 11) is 0. The van der Waals surface area contributed by atoms with Gasteiger partial charge >= 0.3 is 0 Å². The van der Waals surface area contributed by atoms with Crippen LogP contribution in [0.15, 0.2) is 62.2 Å². The lowest BCUT2D eigenvalue weighted by atomic mass is 10.1. The van der Waals surface area contributed by atoms with E-state index in [-0.39, 0.29) is 0 Å². The van der Waals surface area contributed by atoms with Crippen molar-refractivity contribution in [2.75, 3.05) is 0 Å². The van der Waals surface area contributed by atoms with Gasteiger partial charge in [-0.2, -0.15) is 0 Å². The zero-order chi connectivity index (χ0) is 13.6. The van der Waals surface area contributed by atoms with E-state index < -0.39 is 0 Å². The Hall–Kier alpha value is -1.82. The van der Waals surface area contributed by atoms with Crippen LogP contribution in [0.4, 0.5) is 0 Å². The van der Waals surface area contributed by atoms with Crippen molar-refractivity contribution in [1.29, 1.82) is 0 Å². The fourth-order valence-corrected chi connectivity index (χ4v) is 1.40. The smallest absolute Gasteiger partial charge is 0.0190 e. The first-order chi connectivity index (χ1) is 8.79. The van der Waals surface area contributed by atoms with Crippen molar-refractivity contribution < 1.29 is 0 Å². The average molecular weight is 240 g/mol. The lowest BCUT2D eigenvalue weighted by molar-refractivity contribution is 0.815. The van der Waals surface area contributed by atoms with Gasteiger partial charge in [0.1, 0.15) is 0 Å². The topological polar surface area (TPSA) is 0 Å². The minimum Gasteiger partial charge on any atom is -0.0991 e. The van der Waals surface area contributed by atoms with Crippen molar-refractivity contribution in [3.8, 4) is 0 Å². The Labute approximate surface area is 112 Å². The van der Waals surface area contributed by atoms with Gasteiger partial charge in [-0.05, 0) is 17.5 Å². The van der Waals surface area contributed by atoms with E-state index in [2.05, 4.69) is 32.7 Å². The predicted octanol–water partition coefficient (Wildman–Crippen LogP) is 5.89. The first-order valence-corrected chi connectivity index (χ1v) is 6.41. The van der Waals surface area contributed by atoms with Crippen LogP contribution in [-0.4, -0.2) is 0 Å². The summed E-state index contributed by atoms with van der Waals surface area (Å²) in [6, 6.07) is 8.02. The lowest BCUT2D eigenvalue weighted by Gasteiger charge is -1.96. The Morgan fingerprint density at radius 3 is 1.94 bits per heavy atom. The van der Waals surface area contributed by atoms with E-state index in [9.17, 15) is 0 Å². The summed E-state index contributed by atoms with van der Waals surface area (Å²) in [5.41, 5.74) is 2.27. The number of hydrogen-bond donors (Lipinski definition) is 0. The predicted molar refractivity (Wildman–Crippen MR) is 85.5 cm³/mol. The molecular weight excluding hydrogens is 216 g/mol. The molecule has 0 unspecified atom stereocenters. The lowest BCUT2D eigenvalue weighted by Crippen LogP contribution is -1.76. The highest BCUT2D eigenvalue weighted by molar-refractivity contribution is 5.63. The summed E-state index contributed by atoms with van der Waals surface area (Å²) >= 11 is 0. The molecule has 0 spiro atoms. The Bertz CT molecular complexity index is 356. The molecule has 0 bridgehead atoms. The second-order valence-electron chi connectivity index (χ2n) is 3.84. The van der Waals surface area contributed by atoms with Gasteiger partial charge in [0.25, 0.3) is 0 Å². The standard InChI is InChI=1S/C10H10.C8H14/c1-3-9-7-5-6-8-10(9)4-2;1-3-5-7-8-6-4-2/h3-8H,1-2H2;3,5,7H,1,4,6,8H2,2H3. The van der Waals surface area contributed by atoms with Gasteiger partial charge in [-0.25, -0.2) is 0 Å². The van der Waals surface area contributed by atoms with Crippen LogP contribution in [0.25, 0.3) is 12.2 Å². The molecule has 0 aliphatic rings. The van der Waals surface area contributed by atoms with Crippen LogP contribution < -0.4 is 0 Å². The Morgan fingerprint density at radius 2 is 1.56 bits per heavy atom. The SMILES string of the molecule is C=CC=CCCCC.C=Cc1ccccc1C=C. The van der Waals surface area contributed by atoms with Crippen molar-refractivity contribution in [2.45, 2.75) is 26.2 Å². The largest absolute Gasteiger partial charge is 0.0991 e. The third-order valence-corrected chi connectivity index (χ3v) is 2.43. The molecule has 1 rings (SSSR count). The molecule has 0 amide bonds. The van der Waals surface area contributed by atoms with Gasteiger partial charge in [-0.3, -0.25) is 0 Å². The maximum Gasteiger partial charge on any atom is -0.0190 e. The number of rotatable bonds is 6. The van der Waals surface area contributed by atoms with Gasteiger partial charge in [-0.1, -0.05) is 94.1 Å². The summed E-state index contributed by atoms with van der Waals surface area (Å²) < 4.78 is 0. The monoisotopic (exact) mass is 240 g/mol. The van der Waals surface area contributed by atoms with E-state index in [1.807, 2.05) is 48.6 Å². The molecule has 96 valence electrons. The van der Waals surface area contributed by atoms with Crippen LogP contribution in [0.2, 0.25) is 0 Å². The van der Waals surface area contributed by atoms with Crippen LogP contribution in [0.3, 0.4) is 0 Å². The van der Waals surface area contributed by atoms with Crippen molar-refractivity contribution in [1.82, 2.24) is 0 Å². The zero-order valence-electron chi connectivity index (χ0n) is 11.4. The van der Waals surface area contributed by atoms with Gasteiger partial charge in [0.05, 0.1) is 0 Å². The molecule has 18 heavy (non-hydrogen) atoms. The molecule has 0 saturated carbocycles. The molecule has 0 aliphatic heterocycles. The van der Waals surface area contributed by atoms with Crippen molar-refractivity contribution in [3.63, 3.8) is 0 Å². The molecule has 0 atom stereocenters. The molecule has 1 aromatic carbocycles. The average Bonchev–Trinajstić information content (AvgIpc) is 2.44. The minimum absolute atomic E-state index is 1.14. The summed E-state index contributed by atoms with van der Waals surface area (Å²) in [5.74, 6) is 0. The summed E-state index contributed by atoms with van der Waals surface area (Å²) in [5, 5.41) is 0. The molecule has 0 saturated heterocycles. The fourth-order valence-electron chi connectivity index (χ4n) is 1.40. The quantitative estimate of drug-likeness (QED) is 0.429. The molecule has 0 aliphatic carbocycles.